The third kappa shape index (κ3) is 4.35. The third-order valence-electron chi connectivity index (χ3n) is 4.23. The van der Waals surface area contributed by atoms with Gasteiger partial charge in [-0.2, -0.15) is 0 Å². The smallest absolute Gasteiger partial charge is 0.270 e. The van der Waals surface area contributed by atoms with Gasteiger partial charge >= 0.3 is 0 Å². The summed E-state index contributed by atoms with van der Waals surface area (Å²) in [6.45, 7) is 2.09. The molecule has 1 N–H and O–H groups in total. The lowest BCUT2D eigenvalue weighted by molar-refractivity contribution is -0.384. The van der Waals surface area contributed by atoms with E-state index in [-0.39, 0.29) is 28.2 Å². The highest BCUT2D eigenvalue weighted by molar-refractivity contribution is 7.10. The van der Waals surface area contributed by atoms with Crippen LogP contribution in [0.3, 0.4) is 0 Å². The summed E-state index contributed by atoms with van der Waals surface area (Å²) in [7, 11) is 0. The summed E-state index contributed by atoms with van der Waals surface area (Å²) in [5.41, 5.74) is 2.23. The van der Waals surface area contributed by atoms with Crippen molar-refractivity contribution in [3.05, 3.63) is 96.7 Å². The Kier molecular flexibility index (Phi) is 5.88. The van der Waals surface area contributed by atoms with Gasteiger partial charge in [-0.1, -0.05) is 48.9 Å². The highest BCUT2D eigenvalue weighted by atomic mass is 35.5. The van der Waals surface area contributed by atoms with E-state index in [0.29, 0.717) is 0 Å². The first-order chi connectivity index (χ1) is 13.0. The molecule has 0 spiro atoms. The fourth-order valence-electron chi connectivity index (χ4n) is 2.73. The number of amides is 1. The topological polar surface area (TPSA) is 72.2 Å². The van der Waals surface area contributed by atoms with E-state index >= 15 is 0 Å². The minimum absolute atomic E-state index is 0.0490. The van der Waals surface area contributed by atoms with Crippen LogP contribution in [-0.2, 0) is 6.42 Å². The van der Waals surface area contributed by atoms with Gasteiger partial charge in [-0.25, -0.2) is 0 Å². The molecule has 0 saturated carbocycles. The zero-order valence-corrected chi connectivity index (χ0v) is 16.1. The number of hydrogen-bond acceptors (Lipinski definition) is 4. The van der Waals surface area contributed by atoms with Crippen molar-refractivity contribution in [2.75, 3.05) is 0 Å². The summed E-state index contributed by atoms with van der Waals surface area (Å²) >= 11 is 7.65. The van der Waals surface area contributed by atoms with Crippen molar-refractivity contribution in [1.29, 1.82) is 0 Å². The van der Waals surface area contributed by atoms with Crippen LogP contribution in [0.2, 0.25) is 5.02 Å². The second-order valence-electron chi connectivity index (χ2n) is 5.94. The highest BCUT2D eigenvalue weighted by Gasteiger charge is 2.21. The fourth-order valence-corrected chi connectivity index (χ4v) is 3.79. The van der Waals surface area contributed by atoms with E-state index in [1.54, 1.807) is 11.3 Å². The molecule has 3 aromatic rings. The predicted octanol–water partition coefficient (Wildman–Crippen LogP) is 5.39. The Morgan fingerprint density at radius 3 is 2.52 bits per heavy atom. The summed E-state index contributed by atoms with van der Waals surface area (Å²) in [6.07, 6.45) is 0.939. The maximum atomic E-state index is 12.8. The predicted molar refractivity (Wildman–Crippen MR) is 108 cm³/mol. The molecule has 1 aromatic heterocycles. The summed E-state index contributed by atoms with van der Waals surface area (Å²) in [6, 6.07) is 15.5. The molecule has 27 heavy (non-hydrogen) atoms. The number of carbonyl (C=O) groups is 1. The van der Waals surface area contributed by atoms with E-state index < -0.39 is 4.92 Å². The van der Waals surface area contributed by atoms with Gasteiger partial charge in [-0.3, -0.25) is 14.9 Å². The monoisotopic (exact) mass is 400 g/mol. The first-order valence-corrected chi connectivity index (χ1v) is 9.62. The van der Waals surface area contributed by atoms with Gasteiger partial charge in [0.1, 0.15) is 0 Å². The molecular formula is C20H17ClN2O3S. The van der Waals surface area contributed by atoms with Crippen molar-refractivity contribution in [2.24, 2.45) is 0 Å². The lowest BCUT2D eigenvalue weighted by atomic mass is 10.0. The van der Waals surface area contributed by atoms with E-state index in [9.17, 15) is 14.9 Å². The standard InChI is InChI=1S/C20H17ClN2O3S/c1-2-13-5-7-14(8-6-13)19(18-4-3-11-27-18)22-20(24)16-10-9-15(23(25)26)12-17(16)21/h3-12,19H,2H2,1H3,(H,22,24)/t19-/m0/s1. The van der Waals surface area contributed by atoms with Crippen molar-refractivity contribution in [3.63, 3.8) is 0 Å². The van der Waals surface area contributed by atoms with Crippen molar-refractivity contribution < 1.29 is 9.72 Å². The molecule has 1 amide bonds. The number of thiophene rings is 1. The van der Waals surface area contributed by atoms with Crippen molar-refractivity contribution >= 4 is 34.5 Å². The van der Waals surface area contributed by atoms with Crippen LogP contribution in [0.1, 0.15) is 39.3 Å². The number of benzene rings is 2. The molecule has 1 heterocycles. The first-order valence-electron chi connectivity index (χ1n) is 8.36. The van der Waals surface area contributed by atoms with Gasteiger partial charge in [0, 0.05) is 17.0 Å². The van der Waals surface area contributed by atoms with Gasteiger partial charge in [0.05, 0.1) is 21.6 Å². The molecule has 138 valence electrons. The van der Waals surface area contributed by atoms with Crippen LogP contribution in [0.25, 0.3) is 0 Å². The van der Waals surface area contributed by atoms with E-state index in [1.165, 1.54) is 23.8 Å². The number of non-ortho nitro benzene ring substituents is 1. The van der Waals surface area contributed by atoms with Crippen molar-refractivity contribution in [3.8, 4) is 0 Å². The summed E-state index contributed by atoms with van der Waals surface area (Å²) in [4.78, 5) is 24.1. The van der Waals surface area contributed by atoms with Gasteiger partial charge in [0.25, 0.3) is 11.6 Å². The normalized spacial score (nSPS) is 11.8. The number of nitro benzene ring substituents is 1. The van der Waals surface area contributed by atoms with Crippen LogP contribution >= 0.6 is 22.9 Å². The minimum Gasteiger partial charge on any atom is -0.340 e. The van der Waals surface area contributed by atoms with Crippen LogP contribution in [0, 0.1) is 10.1 Å². The summed E-state index contributed by atoms with van der Waals surface area (Å²) < 4.78 is 0. The molecule has 0 fully saturated rings. The molecule has 0 unspecified atom stereocenters. The molecule has 2 aromatic carbocycles. The van der Waals surface area contributed by atoms with Crippen LogP contribution < -0.4 is 5.32 Å². The number of hydrogen-bond donors (Lipinski definition) is 1. The third-order valence-corrected chi connectivity index (χ3v) is 5.48. The zero-order valence-electron chi connectivity index (χ0n) is 14.5. The molecule has 5 nitrogen and oxygen atoms in total. The van der Waals surface area contributed by atoms with Gasteiger partial charge < -0.3 is 5.32 Å². The summed E-state index contributed by atoms with van der Waals surface area (Å²) in [5.74, 6) is -0.382. The van der Waals surface area contributed by atoms with Crippen LogP contribution in [0.15, 0.2) is 60.0 Å². The minimum atomic E-state index is -0.544. The largest absolute Gasteiger partial charge is 0.340 e. The molecule has 3 rings (SSSR count). The van der Waals surface area contributed by atoms with E-state index in [0.717, 1.165) is 16.9 Å². The lowest BCUT2D eigenvalue weighted by Crippen LogP contribution is -2.29. The zero-order chi connectivity index (χ0) is 19.4. The van der Waals surface area contributed by atoms with Gasteiger partial charge in [-0.15, -0.1) is 11.3 Å². The number of nitrogens with one attached hydrogen (secondary N) is 1. The average molecular weight is 401 g/mol. The van der Waals surface area contributed by atoms with Crippen LogP contribution in [0.4, 0.5) is 5.69 Å². The van der Waals surface area contributed by atoms with Gasteiger partial charge in [0.15, 0.2) is 0 Å². The second-order valence-corrected chi connectivity index (χ2v) is 7.32. The number of halogens is 1. The van der Waals surface area contributed by atoms with Gasteiger partial charge in [0.2, 0.25) is 0 Å². The second kappa shape index (κ2) is 8.33. The molecule has 0 bridgehead atoms. The Morgan fingerprint density at radius 2 is 1.96 bits per heavy atom. The SMILES string of the molecule is CCc1ccc([C@H](NC(=O)c2ccc([N+](=O)[O-])cc2Cl)c2cccs2)cc1. The van der Waals surface area contributed by atoms with E-state index in [4.69, 9.17) is 11.6 Å². The number of nitro groups is 1. The van der Waals surface area contributed by atoms with E-state index in [2.05, 4.69) is 12.2 Å². The van der Waals surface area contributed by atoms with Crippen molar-refractivity contribution in [2.45, 2.75) is 19.4 Å². The number of aryl methyl sites for hydroxylation is 1. The Morgan fingerprint density at radius 1 is 1.22 bits per heavy atom. The molecule has 0 aliphatic heterocycles. The molecule has 0 aliphatic rings. The molecule has 0 saturated heterocycles. The first kappa shape index (κ1) is 19.1. The number of rotatable bonds is 6. The maximum absolute atomic E-state index is 12.8. The highest BCUT2D eigenvalue weighted by Crippen LogP contribution is 2.28. The molecule has 1 atom stereocenters. The van der Waals surface area contributed by atoms with Crippen LogP contribution in [0.5, 0.6) is 0 Å². The average Bonchev–Trinajstić information content (AvgIpc) is 3.20. The van der Waals surface area contributed by atoms with Gasteiger partial charge in [-0.05, 0) is 35.1 Å². The molecular weight excluding hydrogens is 384 g/mol. The fraction of sp³-hybridized carbons (Fsp3) is 0.150. The Balaban J connectivity index is 1.90. The quantitative estimate of drug-likeness (QED) is 0.445. The number of nitrogens with zero attached hydrogens (tertiary/aromatic N) is 1. The maximum Gasteiger partial charge on any atom is 0.270 e. The lowest BCUT2D eigenvalue weighted by Gasteiger charge is -2.19. The van der Waals surface area contributed by atoms with Crippen molar-refractivity contribution in [1.82, 2.24) is 5.32 Å². The molecule has 0 aliphatic carbocycles. The molecule has 7 heteroatoms. The Bertz CT molecular complexity index is 956. The van der Waals surface area contributed by atoms with E-state index in [1.807, 2.05) is 41.8 Å². The Hall–Kier alpha value is -2.70. The summed E-state index contributed by atoms with van der Waals surface area (Å²) in [5, 5.41) is 15.8. The number of carbonyl (C=O) groups excluding carboxylic acids is 1. The van der Waals surface area contributed by atoms with Crippen LogP contribution in [-0.4, -0.2) is 10.8 Å². The Labute approximate surface area is 165 Å². The molecule has 0 radical (unpaired) electrons.